The zero-order valence-corrected chi connectivity index (χ0v) is 9.21. The first-order chi connectivity index (χ1) is 6.47. The van der Waals surface area contributed by atoms with Crippen LogP contribution >= 0.6 is 0 Å². The van der Waals surface area contributed by atoms with Gasteiger partial charge in [0.1, 0.15) is 5.78 Å². The number of nitrogens with zero attached hydrogens (tertiary/aromatic N) is 2. The first-order valence-corrected chi connectivity index (χ1v) is 5.11. The van der Waals surface area contributed by atoms with Crippen LogP contribution in [-0.4, -0.2) is 29.8 Å². The molecule has 2 unspecified atom stereocenters. The van der Waals surface area contributed by atoms with Crippen molar-refractivity contribution in [3.05, 3.63) is 0 Å². The summed E-state index contributed by atoms with van der Waals surface area (Å²) in [4.78, 5) is 13.2. The fourth-order valence-corrected chi connectivity index (χ4v) is 2.01. The van der Waals surface area contributed by atoms with E-state index in [0.29, 0.717) is 6.42 Å². The molecule has 0 amide bonds. The average Bonchev–Trinajstić information content (AvgIpc) is 2.48. The van der Waals surface area contributed by atoms with Gasteiger partial charge >= 0.3 is 0 Å². The highest BCUT2D eigenvalue weighted by atomic mass is 16.1. The summed E-state index contributed by atoms with van der Waals surface area (Å²) in [6, 6.07) is 2.63. The van der Waals surface area contributed by atoms with Crippen LogP contribution in [-0.2, 0) is 4.79 Å². The van der Waals surface area contributed by atoms with Crippen LogP contribution < -0.4 is 0 Å². The fourth-order valence-electron chi connectivity index (χ4n) is 2.01. The van der Waals surface area contributed by atoms with E-state index in [1.165, 1.54) is 0 Å². The molecule has 1 fully saturated rings. The number of carbonyl (C=O) groups excluding carboxylic acids is 1. The van der Waals surface area contributed by atoms with Gasteiger partial charge in [0.25, 0.3) is 0 Å². The number of nitriles is 1. The highest BCUT2D eigenvalue weighted by Gasteiger charge is 2.35. The van der Waals surface area contributed by atoms with E-state index in [4.69, 9.17) is 5.26 Å². The zero-order chi connectivity index (χ0) is 10.8. The molecule has 0 bridgehead atoms. The number of hydrogen-bond acceptors (Lipinski definition) is 3. The minimum absolute atomic E-state index is 0.203. The maximum Gasteiger partial charge on any atom is 0.131 e. The van der Waals surface area contributed by atoms with Gasteiger partial charge in [0.05, 0.1) is 11.5 Å². The Balaban J connectivity index is 2.50. The van der Waals surface area contributed by atoms with E-state index in [1.54, 1.807) is 6.92 Å². The molecule has 78 valence electrons. The molecule has 3 nitrogen and oxygen atoms in total. The Labute approximate surface area is 85.7 Å². The molecule has 1 aliphatic rings. The van der Waals surface area contributed by atoms with Crippen LogP contribution in [0.5, 0.6) is 0 Å². The van der Waals surface area contributed by atoms with E-state index in [0.717, 1.165) is 19.5 Å². The molecule has 0 spiro atoms. The molecule has 2 atom stereocenters. The summed E-state index contributed by atoms with van der Waals surface area (Å²) in [6.07, 6.45) is 1.52. The van der Waals surface area contributed by atoms with Gasteiger partial charge in [-0.05, 0) is 27.2 Å². The Morgan fingerprint density at radius 1 is 1.71 bits per heavy atom. The third-order valence-electron chi connectivity index (χ3n) is 2.98. The van der Waals surface area contributed by atoms with Gasteiger partial charge in [0.15, 0.2) is 0 Å². The maximum absolute atomic E-state index is 11.0. The summed E-state index contributed by atoms with van der Waals surface area (Å²) in [5.74, 6) is 0.225. The van der Waals surface area contributed by atoms with Crippen LogP contribution in [0.25, 0.3) is 0 Å². The predicted octanol–water partition coefficient (Wildman–Crippen LogP) is 1.59. The van der Waals surface area contributed by atoms with Crippen molar-refractivity contribution in [3.8, 4) is 6.07 Å². The van der Waals surface area contributed by atoms with Crippen molar-refractivity contribution in [1.82, 2.24) is 4.90 Å². The van der Waals surface area contributed by atoms with Crippen molar-refractivity contribution in [2.24, 2.45) is 5.41 Å². The second kappa shape index (κ2) is 4.10. The second-order valence-electron chi connectivity index (χ2n) is 4.65. The van der Waals surface area contributed by atoms with E-state index < -0.39 is 0 Å². The van der Waals surface area contributed by atoms with Gasteiger partial charge in [-0.1, -0.05) is 0 Å². The Hall–Kier alpha value is -0.880. The van der Waals surface area contributed by atoms with E-state index in [2.05, 4.69) is 17.9 Å². The molecular weight excluding hydrogens is 176 g/mol. The van der Waals surface area contributed by atoms with Crippen molar-refractivity contribution in [2.75, 3.05) is 13.1 Å². The van der Waals surface area contributed by atoms with E-state index in [-0.39, 0.29) is 17.2 Å². The van der Waals surface area contributed by atoms with Gasteiger partial charge in [-0.3, -0.25) is 9.69 Å². The zero-order valence-electron chi connectivity index (χ0n) is 9.21. The molecule has 3 heteroatoms. The molecule has 0 aromatic carbocycles. The third kappa shape index (κ3) is 2.55. The number of ketones is 1. The summed E-state index contributed by atoms with van der Waals surface area (Å²) in [7, 11) is 0. The number of hydrogen-bond donors (Lipinski definition) is 0. The minimum atomic E-state index is -0.203. The van der Waals surface area contributed by atoms with Gasteiger partial charge < -0.3 is 0 Å². The number of rotatable bonds is 3. The minimum Gasteiger partial charge on any atom is -0.300 e. The first-order valence-electron chi connectivity index (χ1n) is 5.11. The number of likely N-dealkylation sites (tertiary alicyclic amines) is 1. The average molecular weight is 194 g/mol. The van der Waals surface area contributed by atoms with Crippen LogP contribution in [0.2, 0.25) is 0 Å². The van der Waals surface area contributed by atoms with Gasteiger partial charge in [-0.25, -0.2) is 0 Å². The molecule has 0 radical (unpaired) electrons. The molecule has 14 heavy (non-hydrogen) atoms. The molecule has 0 aromatic rings. The Kier molecular flexibility index (Phi) is 3.28. The molecule has 1 rings (SSSR count). The molecule has 1 saturated heterocycles. The van der Waals surface area contributed by atoms with Crippen molar-refractivity contribution >= 4 is 5.78 Å². The van der Waals surface area contributed by atoms with Crippen molar-refractivity contribution in [3.63, 3.8) is 0 Å². The standard InChI is InChI=1S/C11H18N2O/c1-9(6-10(2)14)13-5-4-11(3,7-12)8-13/h9H,4-6,8H2,1-3H3. The summed E-state index contributed by atoms with van der Waals surface area (Å²) in [5, 5.41) is 8.96. The second-order valence-corrected chi connectivity index (χ2v) is 4.65. The predicted molar refractivity (Wildman–Crippen MR) is 54.7 cm³/mol. The molecule has 1 aliphatic heterocycles. The monoisotopic (exact) mass is 194 g/mol. The van der Waals surface area contributed by atoms with E-state index >= 15 is 0 Å². The quantitative estimate of drug-likeness (QED) is 0.685. The van der Waals surface area contributed by atoms with Crippen molar-refractivity contribution in [1.29, 1.82) is 5.26 Å². The van der Waals surface area contributed by atoms with Gasteiger partial charge in [0, 0.05) is 25.6 Å². The van der Waals surface area contributed by atoms with Crippen LogP contribution in [0.1, 0.15) is 33.6 Å². The van der Waals surface area contributed by atoms with E-state index in [9.17, 15) is 4.79 Å². The lowest BCUT2D eigenvalue weighted by atomic mass is 9.92. The van der Waals surface area contributed by atoms with Crippen molar-refractivity contribution in [2.45, 2.75) is 39.7 Å². The fraction of sp³-hybridized carbons (Fsp3) is 0.818. The van der Waals surface area contributed by atoms with Crippen LogP contribution in [0.15, 0.2) is 0 Å². The Morgan fingerprint density at radius 3 is 2.79 bits per heavy atom. The largest absolute Gasteiger partial charge is 0.300 e. The molecule has 0 N–H and O–H groups in total. The van der Waals surface area contributed by atoms with Gasteiger partial charge in [0.2, 0.25) is 0 Å². The van der Waals surface area contributed by atoms with Gasteiger partial charge in [-0.15, -0.1) is 0 Å². The lowest BCUT2D eigenvalue weighted by molar-refractivity contribution is -0.118. The van der Waals surface area contributed by atoms with Crippen LogP contribution in [0.4, 0.5) is 0 Å². The smallest absolute Gasteiger partial charge is 0.131 e. The van der Waals surface area contributed by atoms with Crippen molar-refractivity contribution < 1.29 is 4.79 Å². The number of Topliss-reactive ketones (excluding diaryl/α,β-unsaturated/α-hetero) is 1. The Morgan fingerprint density at radius 2 is 2.36 bits per heavy atom. The highest BCUT2D eigenvalue weighted by molar-refractivity contribution is 5.76. The maximum atomic E-state index is 11.0. The topological polar surface area (TPSA) is 44.1 Å². The van der Waals surface area contributed by atoms with Crippen LogP contribution in [0.3, 0.4) is 0 Å². The molecule has 0 saturated carbocycles. The third-order valence-corrected chi connectivity index (χ3v) is 2.98. The summed E-state index contributed by atoms with van der Waals surface area (Å²) < 4.78 is 0. The van der Waals surface area contributed by atoms with Gasteiger partial charge in [-0.2, -0.15) is 5.26 Å². The summed E-state index contributed by atoms with van der Waals surface area (Å²) in [6.45, 7) is 7.42. The van der Waals surface area contributed by atoms with E-state index in [1.807, 2.05) is 6.92 Å². The molecule has 0 aliphatic carbocycles. The van der Waals surface area contributed by atoms with Crippen LogP contribution in [0, 0.1) is 16.7 Å². The molecule has 1 heterocycles. The number of carbonyl (C=O) groups is 1. The lowest BCUT2D eigenvalue weighted by Crippen LogP contribution is -2.33. The SMILES string of the molecule is CC(=O)CC(C)N1CCC(C)(C#N)C1. The summed E-state index contributed by atoms with van der Waals surface area (Å²) in [5.41, 5.74) is -0.203. The lowest BCUT2D eigenvalue weighted by Gasteiger charge is -2.24. The highest BCUT2D eigenvalue weighted by Crippen LogP contribution is 2.30. The Bertz CT molecular complexity index is 269. The molecular formula is C11H18N2O. The normalized spacial score (nSPS) is 29.9. The summed E-state index contributed by atoms with van der Waals surface area (Å²) >= 11 is 0. The first kappa shape index (κ1) is 11.2. The molecule has 0 aromatic heterocycles.